The standard InChI is InChI=1S/C26H16BNOS/c1-2-8-18(9-3-1)28-22-12-6-5-11-21(22)27-24-20(19-10-4-7-13-23(19)29-27)16-17-14-15-30-26(17)25(24)28/h1-16H. The van der Waals surface area contributed by atoms with Gasteiger partial charge in [-0.1, -0.05) is 54.6 Å². The third-order valence-electron chi connectivity index (χ3n) is 6.14. The number of para-hydroxylation sites is 3. The predicted molar refractivity (Wildman–Crippen MR) is 128 cm³/mol. The fourth-order valence-corrected chi connectivity index (χ4v) is 5.82. The number of thiophene rings is 1. The molecule has 0 unspecified atom stereocenters. The molecule has 0 spiro atoms. The number of fused-ring (bicyclic) bond motifs is 6. The minimum absolute atomic E-state index is 0.104. The van der Waals surface area contributed by atoms with E-state index >= 15 is 0 Å². The summed E-state index contributed by atoms with van der Waals surface area (Å²) >= 11 is 1.80. The summed E-state index contributed by atoms with van der Waals surface area (Å²) in [6.45, 7) is -0.104. The lowest BCUT2D eigenvalue weighted by Crippen LogP contribution is -2.56. The number of nitrogens with zero attached hydrogens (tertiary/aromatic N) is 1. The van der Waals surface area contributed by atoms with Crippen LogP contribution in [0.25, 0.3) is 21.2 Å². The van der Waals surface area contributed by atoms with Crippen LogP contribution >= 0.6 is 11.3 Å². The summed E-state index contributed by atoms with van der Waals surface area (Å²) in [4.78, 5) is 2.42. The minimum Gasteiger partial charge on any atom is -0.551 e. The van der Waals surface area contributed by atoms with Gasteiger partial charge >= 0.3 is 6.92 Å². The van der Waals surface area contributed by atoms with Gasteiger partial charge in [-0.15, -0.1) is 11.3 Å². The number of rotatable bonds is 1. The van der Waals surface area contributed by atoms with E-state index in [9.17, 15) is 0 Å². The first-order valence-corrected chi connectivity index (χ1v) is 11.0. The smallest absolute Gasteiger partial charge is 0.431 e. The van der Waals surface area contributed by atoms with Gasteiger partial charge in [0.15, 0.2) is 0 Å². The Morgan fingerprint density at radius 1 is 0.767 bits per heavy atom. The molecule has 0 amide bonds. The van der Waals surface area contributed by atoms with E-state index in [1.54, 1.807) is 11.3 Å². The first-order valence-electron chi connectivity index (χ1n) is 10.1. The first kappa shape index (κ1) is 16.3. The Labute approximate surface area is 179 Å². The van der Waals surface area contributed by atoms with Crippen LogP contribution in [-0.2, 0) is 0 Å². The number of hydrogen-bond acceptors (Lipinski definition) is 3. The number of hydrogen-bond donors (Lipinski definition) is 0. The van der Waals surface area contributed by atoms with Crippen LogP contribution in [0.5, 0.6) is 5.75 Å². The lowest BCUT2D eigenvalue weighted by atomic mass is 9.49. The van der Waals surface area contributed by atoms with E-state index < -0.39 is 0 Å². The van der Waals surface area contributed by atoms with Crippen molar-refractivity contribution in [2.45, 2.75) is 0 Å². The van der Waals surface area contributed by atoms with Gasteiger partial charge in [-0.05, 0) is 58.2 Å². The van der Waals surface area contributed by atoms with Crippen LogP contribution in [0.2, 0.25) is 0 Å². The fourth-order valence-electron chi connectivity index (χ4n) is 4.89. The molecular weight excluding hydrogens is 385 g/mol. The summed E-state index contributed by atoms with van der Waals surface area (Å²) in [7, 11) is 0. The monoisotopic (exact) mass is 401 g/mol. The molecule has 0 N–H and O–H groups in total. The van der Waals surface area contributed by atoms with Gasteiger partial charge in [-0.2, -0.15) is 0 Å². The Morgan fingerprint density at radius 2 is 1.57 bits per heavy atom. The summed E-state index contributed by atoms with van der Waals surface area (Å²) in [5, 5.41) is 3.47. The van der Waals surface area contributed by atoms with Crippen LogP contribution < -0.4 is 20.5 Å². The van der Waals surface area contributed by atoms with Crippen LogP contribution in [-0.4, -0.2) is 6.92 Å². The topological polar surface area (TPSA) is 12.5 Å². The number of benzene rings is 4. The molecule has 30 heavy (non-hydrogen) atoms. The first-order chi connectivity index (χ1) is 14.9. The fraction of sp³-hybridized carbons (Fsp3) is 0. The van der Waals surface area contributed by atoms with Crippen molar-refractivity contribution < 1.29 is 4.65 Å². The molecule has 0 radical (unpaired) electrons. The quantitative estimate of drug-likeness (QED) is 0.327. The molecule has 2 aliphatic heterocycles. The predicted octanol–water partition coefficient (Wildman–Crippen LogP) is 5.85. The second-order valence-electron chi connectivity index (χ2n) is 7.75. The van der Waals surface area contributed by atoms with Crippen LogP contribution in [0.3, 0.4) is 0 Å². The number of anilines is 3. The van der Waals surface area contributed by atoms with Crippen LogP contribution in [0.15, 0.2) is 96.4 Å². The maximum atomic E-state index is 6.65. The zero-order chi connectivity index (χ0) is 19.7. The average molecular weight is 401 g/mol. The Morgan fingerprint density at radius 3 is 2.50 bits per heavy atom. The molecule has 0 atom stereocenters. The Kier molecular flexibility index (Phi) is 3.27. The lowest BCUT2D eigenvalue weighted by Gasteiger charge is -2.39. The third kappa shape index (κ3) is 2.09. The van der Waals surface area contributed by atoms with E-state index in [2.05, 4.69) is 101 Å². The molecule has 0 saturated heterocycles. The highest BCUT2D eigenvalue weighted by Crippen LogP contribution is 2.47. The van der Waals surface area contributed by atoms with Gasteiger partial charge in [0.05, 0.1) is 10.4 Å². The Balaban J connectivity index is 1.66. The average Bonchev–Trinajstić information content (AvgIpc) is 3.28. The zero-order valence-corrected chi connectivity index (χ0v) is 16.9. The molecule has 0 saturated carbocycles. The van der Waals surface area contributed by atoms with Crippen molar-refractivity contribution >= 4 is 56.3 Å². The van der Waals surface area contributed by atoms with Gasteiger partial charge < -0.3 is 9.55 Å². The van der Waals surface area contributed by atoms with E-state index in [1.165, 1.54) is 49.2 Å². The molecule has 0 bridgehead atoms. The van der Waals surface area contributed by atoms with Crippen molar-refractivity contribution in [1.29, 1.82) is 0 Å². The highest BCUT2D eigenvalue weighted by atomic mass is 32.1. The second kappa shape index (κ2) is 6.00. The van der Waals surface area contributed by atoms with Crippen LogP contribution in [0.4, 0.5) is 17.1 Å². The second-order valence-corrected chi connectivity index (χ2v) is 8.67. The van der Waals surface area contributed by atoms with Crippen molar-refractivity contribution in [3.63, 3.8) is 0 Å². The summed E-state index contributed by atoms with van der Waals surface area (Å²) in [6.07, 6.45) is 0. The third-order valence-corrected chi connectivity index (χ3v) is 7.08. The van der Waals surface area contributed by atoms with Gasteiger partial charge in [0, 0.05) is 22.4 Å². The molecule has 140 valence electrons. The largest absolute Gasteiger partial charge is 0.551 e. The van der Waals surface area contributed by atoms with Gasteiger partial charge in [-0.3, -0.25) is 0 Å². The van der Waals surface area contributed by atoms with Gasteiger partial charge in [0.1, 0.15) is 5.75 Å². The van der Waals surface area contributed by atoms with Gasteiger partial charge in [0.25, 0.3) is 0 Å². The molecule has 0 aliphatic carbocycles. The molecule has 4 aromatic carbocycles. The molecule has 5 aromatic rings. The molecule has 3 heterocycles. The SMILES string of the molecule is c1ccc(N2c3ccccc3B3Oc4ccccc4-c4cc5ccsc5c2c43)cc1. The van der Waals surface area contributed by atoms with Crippen molar-refractivity contribution in [2.75, 3.05) is 4.90 Å². The van der Waals surface area contributed by atoms with E-state index in [0.717, 1.165) is 5.75 Å². The van der Waals surface area contributed by atoms with Crippen molar-refractivity contribution in [1.82, 2.24) is 0 Å². The van der Waals surface area contributed by atoms with E-state index in [-0.39, 0.29) is 6.92 Å². The summed E-state index contributed by atoms with van der Waals surface area (Å²) in [5.41, 5.74) is 8.54. The summed E-state index contributed by atoms with van der Waals surface area (Å²) in [5.74, 6) is 0.957. The summed E-state index contributed by atoms with van der Waals surface area (Å²) < 4.78 is 7.96. The lowest BCUT2D eigenvalue weighted by molar-refractivity contribution is 0.590. The molecule has 2 aliphatic rings. The molecule has 2 nitrogen and oxygen atoms in total. The normalized spacial score (nSPS) is 13.5. The molecule has 0 fully saturated rings. The van der Waals surface area contributed by atoms with Crippen molar-refractivity contribution in [3.8, 4) is 16.9 Å². The highest BCUT2D eigenvalue weighted by molar-refractivity contribution is 7.18. The maximum absolute atomic E-state index is 6.65. The highest BCUT2D eigenvalue weighted by Gasteiger charge is 2.43. The van der Waals surface area contributed by atoms with Crippen molar-refractivity contribution in [2.24, 2.45) is 0 Å². The minimum atomic E-state index is -0.104. The van der Waals surface area contributed by atoms with Gasteiger partial charge in [-0.25, -0.2) is 0 Å². The zero-order valence-electron chi connectivity index (χ0n) is 16.1. The van der Waals surface area contributed by atoms with E-state index in [0.29, 0.717) is 0 Å². The molecule has 7 rings (SSSR count). The van der Waals surface area contributed by atoms with Gasteiger partial charge in [0.2, 0.25) is 0 Å². The van der Waals surface area contributed by atoms with Crippen LogP contribution in [0, 0.1) is 0 Å². The maximum Gasteiger partial charge on any atom is 0.431 e. The Hall–Kier alpha value is -3.50. The van der Waals surface area contributed by atoms with Crippen molar-refractivity contribution in [3.05, 3.63) is 96.4 Å². The summed E-state index contributed by atoms with van der Waals surface area (Å²) in [6, 6.07) is 32.3. The van der Waals surface area contributed by atoms with E-state index in [1.807, 2.05) is 0 Å². The molecular formula is C26H16BNOS. The Bertz CT molecular complexity index is 1440. The molecule has 4 heteroatoms. The van der Waals surface area contributed by atoms with Crippen LogP contribution in [0.1, 0.15) is 0 Å². The van der Waals surface area contributed by atoms with E-state index in [4.69, 9.17) is 4.65 Å². The molecule has 1 aromatic heterocycles.